The molecule has 0 saturated carbocycles. The molecular weight excluding hydrogens is 162 g/mol. The highest BCUT2D eigenvalue weighted by molar-refractivity contribution is 7.71. The third-order valence-electron chi connectivity index (χ3n) is 1.10. The molecule has 0 amide bonds. The van der Waals surface area contributed by atoms with E-state index in [-0.39, 0.29) is 6.79 Å². The Bertz CT molecular complexity index is 271. The lowest BCUT2D eigenvalue weighted by Crippen LogP contribution is -2.14. The number of aromatic nitrogens is 1. The summed E-state index contributed by atoms with van der Waals surface area (Å²) in [6.07, 6.45) is 1.74. The molecule has 4 heteroatoms. The minimum Gasteiger partial charge on any atom is -0.384 e. The van der Waals surface area contributed by atoms with Crippen molar-refractivity contribution in [2.24, 2.45) is 0 Å². The smallest absolute Gasteiger partial charge is 0.214 e. The van der Waals surface area contributed by atoms with Gasteiger partial charge in [-0.15, -0.1) is 0 Å². The molecule has 0 spiro atoms. The van der Waals surface area contributed by atoms with Gasteiger partial charge in [0.25, 0.3) is 0 Å². The van der Waals surface area contributed by atoms with E-state index in [1.807, 2.05) is 12.1 Å². The quantitative estimate of drug-likeness (QED) is 0.505. The predicted molar refractivity (Wildman–Crippen MR) is 43.7 cm³/mol. The highest BCUT2D eigenvalue weighted by Crippen LogP contribution is 1.89. The molecule has 0 unspecified atom stereocenters. The Morgan fingerprint density at radius 3 is 3.00 bits per heavy atom. The first-order chi connectivity index (χ1) is 5.34. The van der Waals surface area contributed by atoms with Gasteiger partial charge in [0.2, 0.25) is 6.79 Å². The number of hydrogen-bond acceptors (Lipinski definition) is 3. The van der Waals surface area contributed by atoms with Crippen LogP contribution < -0.4 is 4.84 Å². The molecule has 1 aromatic heterocycles. The van der Waals surface area contributed by atoms with Gasteiger partial charge in [0.15, 0.2) is 0 Å². The van der Waals surface area contributed by atoms with Crippen LogP contribution in [0.5, 0.6) is 0 Å². The highest BCUT2D eigenvalue weighted by atomic mass is 32.1. The number of hydrogen-bond donors (Lipinski definition) is 0. The van der Waals surface area contributed by atoms with E-state index in [1.54, 1.807) is 19.4 Å². The molecule has 1 aromatic rings. The fraction of sp³-hybridized carbons (Fsp3) is 0.286. The van der Waals surface area contributed by atoms with Gasteiger partial charge < -0.3 is 9.57 Å². The number of rotatable bonds is 3. The third kappa shape index (κ3) is 2.32. The van der Waals surface area contributed by atoms with Crippen molar-refractivity contribution in [2.45, 2.75) is 0 Å². The molecule has 3 nitrogen and oxygen atoms in total. The molecule has 11 heavy (non-hydrogen) atoms. The van der Waals surface area contributed by atoms with Crippen molar-refractivity contribution < 1.29 is 9.57 Å². The van der Waals surface area contributed by atoms with Crippen molar-refractivity contribution in [3.63, 3.8) is 0 Å². The topological polar surface area (TPSA) is 23.4 Å². The Morgan fingerprint density at radius 1 is 1.55 bits per heavy atom. The van der Waals surface area contributed by atoms with Crippen LogP contribution in [-0.4, -0.2) is 18.6 Å². The predicted octanol–water partition coefficient (Wildman–Crippen LogP) is 1.25. The molecule has 0 aliphatic carbocycles. The molecule has 0 saturated heterocycles. The van der Waals surface area contributed by atoms with Crippen LogP contribution in [0.25, 0.3) is 0 Å². The first-order valence-corrected chi connectivity index (χ1v) is 3.55. The Labute approximate surface area is 70.1 Å². The molecule has 0 atom stereocenters. The maximum absolute atomic E-state index is 5.08. The van der Waals surface area contributed by atoms with Crippen LogP contribution in [0.15, 0.2) is 24.4 Å². The number of methoxy groups -OCH3 is 1. The van der Waals surface area contributed by atoms with Crippen LogP contribution in [0.2, 0.25) is 0 Å². The van der Waals surface area contributed by atoms with Crippen molar-refractivity contribution >= 4 is 12.2 Å². The van der Waals surface area contributed by atoms with Crippen molar-refractivity contribution in [3.8, 4) is 0 Å². The van der Waals surface area contributed by atoms with Crippen LogP contribution in [0, 0.1) is 4.64 Å². The summed E-state index contributed by atoms with van der Waals surface area (Å²) < 4.78 is 6.83. The number of nitrogens with zero attached hydrogens (tertiary/aromatic N) is 1. The van der Waals surface area contributed by atoms with Gasteiger partial charge in [0, 0.05) is 13.3 Å². The van der Waals surface area contributed by atoms with E-state index in [0.29, 0.717) is 4.64 Å². The van der Waals surface area contributed by atoms with E-state index in [2.05, 4.69) is 0 Å². The maximum atomic E-state index is 5.08. The van der Waals surface area contributed by atoms with Gasteiger partial charge in [0.05, 0.1) is 0 Å². The Hall–Kier alpha value is -0.870. The summed E-state index contributed by atoms with van der Waals surface area (Å²) in [5.74, 6) is 0. The lowest BCUT2D eigenvalue weighted by molar-refractivity contribution is -0.0401. The minimum atomic E-state index is 0.207. The van der Waals surface area contributed by atoms with Crippen LogP contribution in [0.4, 0.5) is 0 Å². The molecule has 0 N–H and O–H groups in total. The highest BCUT2D eigenvalue weighted by Gasteiger charge is 1.87. The van der Waals surface area contributed by atoms with E-state index < -0.39 is 0 Å². The molecule has 60 valence electrons. The largest absolute Gasteiger partial charge is 0.384 e. The van der Waals surface area contributed by atoms with Crippen molar-refractivity contribution in [3.05, 3.63) is 29.0 Å². The summed E-state index contributed by atoms with van der Waals surface area (Å²) in [6.45, 7) is 0.207. The maximum Gasteiger partial charge on any atom is 0.214 e. The zero-order valence-corrected chi connectivity index (χ0v) is 7.00. The molecule has 1 heterocycles. The van der Waals surface area contributed by atoms with Gasteiger partial charge in [-0.25, -0.2) is 0 Å². The van der Waals surface area contributed by atoms with E-state index in [1.165, 1.54) is 4.73 Å². The van der Waals surface area contributed by atoms with Gasteiger partial charge in [-0.2, -0.15) is 4.73 Å². The first-order valence-electron chi connectivity index (χ1n) is 3.14. The number of pyridine rings is 1. The van der Waals surface area contributed by atoms with Gasteiger partial charge in [0.1, 0.15) is 4.64 Å². The molecule has 0 radical (unpaired) electrons. The van der Waals surface area contributed by atoms with Gasteiger partial charge >= 0.3 is 0 Å². The first kappa shape index (κ1) is 8.23. The SMILES string of the molecule is COCOn1ccccc1=S. The summed E-state index contributed by atoms with van der Waals surface area (Å²) in [6, 6.07) is 5.48. The van der Waals surface area contributed by atoms with Crippen molar-refractivity contribution in [1.82, 2.24) is 4.73 Å². The molecule has 0 bridgehead atoms. The van der Waals surface area contributed by atoms with Gasteiger partial charge in [-0.1, -0.05) is 18.3 Å². The zero-order chi connectivity index (χ0) is 8.10. The molecule has 0 aromatic carbocycles. The van der Waals surface area contributed by atoms with E-state index in [0.717, 1.165) is 0 Å². The zero-order valence-electron chi connectivity index (χ0n) is 6.19. The third-order valence-corrected chi connectivity index (χ3v) is 1.41. The number of ether oxygens (including phenoxy) is 1. The Kier molecular flexibility index (Phi) is 3.07. The summed E-state index contributed by atoms with van der Waals surface area (Å²) in [5, 5.41) is 0. The second-order valence-electron chi connectivity index (χ2n) is 1.90. The monoisotopic (exact) mass is 171 g/mol. The average molecular weight is 171 g/mol. The molecule has 0 fully saturated rings. The second kappa shape index (κ2) is 4.10. The molecule has 1 rings (SSSR count). The van der Waals surface area contributed by atoms with Gasteiger partial charge in [-0.05, 0) is 12.1 Å². The fourth-order valence-electron chi connectivity index (χ4n) is 0.629. The van der Waals surface area contributed by atoms with Crippen molar-refractivity contribution in [1.29, 1.82) is 0 Å². The lowest BCUT2D eigenvalue weighted by Gasteiger charge is -2.06. The van der Waals surface area contributed by atoms with Crippen LogP contribution >= 0.6 is 12.2 Å². The van der Waals surface area contributed by atoms with Crippen LogP contribution in [0.3, 0.4) is 0 Å². The standard InChI is InChI=1S/C7H9NO2S/c1-9-6-10-8-5-3-2-4-7(8)11/h2-5H,6H2,1H3. The summed E-state index contributed by atoms with van der Waals surface area (Å²) in [5.41, 5.74) is 0. The molecule has 0 aliphatic rings. The second-order valence-corrected chi connectivity index (χ2v) is 2.32. The van der Waals surface area contributed by atoms with Crippen LogP contribution in [0.1, 0.15) is 0 Å². The lowest BCUT2D eigenvalue weighted by atomic mass is 10.5. The Balaban J connectivity index is 2.70. The summed E-state index contributed by atoms with van der Waals surface area (Å²) in [7, 11) is 1.56. The average Bonchev–Trinajstić information content (AvgIpc) is 2.03. The van der Waals surface area contributed by atoms with Gasteiger partial charge in [-0.3, -0.25) is 0 Å². The van der Waals surface area contributed by atoms with E-state index in [4.69, 9.17) is 21.8 Å². The van der Waals surface area contributed by atoms with Crippen molar-refractivity contribution in [2.75, 3.05) is 13.9 Å². The molecular formula is C7H9NO2S. The Morgan fingerprint density at radius 2 is 2.36 bits per heavy atom. The summed E-state index contributed by atoms with van der Waals surface area (Å²) >= 11 is 4.95. The fourth-order valence-corrected chi connectivity index (χ4v) is 0.821. The van der Waals surface area contributed by atoms with Crippen LogP contribution in [-0.2, 0) is 4.74 Å². The summed E-state index contributed by atoms with van der Waals surface area (Å²) in [4.78, 5) is 5.08. The minimum absolute atomic E-state index is 0.207. The van der Waals surface area contributed by atoms with E-state index in [9.17, 15) is 0 Å². The molecule has 0 aliphatic heterocycles. The normalized spacial score (nSPS) is 9.55. The van der Waals surface area contributed by atoms with E-state index >= 15 is 0 Å².